The minimum absolute atomic E-state index is 0.670. The van der Waals surface area contributed by atoms with Crippen molar-refractivity contribution in [1.82, 2.24) is 9.88 Å². The monoisotopic (exact) mass is 281 g/mol. The van der Waals surface area contributed by atoms with Gasteiger partial charge in [0.1, 0.15) is 0 Å². The van der Waals surface area contributed by atoms with Crippen molar-refractivity contribution in [1.29, 1.82) is 0 Å². The Morgan fingerprint density at radius 2 is 2.10 bits per heavy atom. The van der Waals surface area contributed by atoms with Crippen molar-refractivity contribution in [2.45, 2.75) is 25.8 Å². The molecule has 0 radical (unpaired) electrons. The van der Waals surface area contributed by atoms with Crippen LogP contribution in [0.1, 0.15) is 30.5 Å². The van der Waals surface area contributed by atoms with E-state index in [0.717, 1.165) is 31.9 Å². The van der Waals surface area contributed by atoms with Gasteiger partial charge in [-0.15, -0.1) is 0 Å². The van der Waals surface area contributed by atoms with Crippen molar-refractivity contribution in [3.05, 3.63) is 59.9 Å². The second kappa shape index (κ2) is 6.72. The molecule has 1 aromatic heterocycles. The fraction of sp³-hybridized carbons (Fsp3) is 0.389. The Balaban J connectivity index is 1.61. The summed E-state index contributed by atoms with van der Waals surface area (Å²) >= 11 is 0. The molecular formula is C18H23N3. The van der Waals surface area contributed by atoms with Crippen LogP contribution < -0.4 is 5.32 Å². The maximum atomic E-state index is 4.50. The zero-order valence-electron chi connectivity index (χ0n) is 12.6. The highest BCUT2D eigenvalue weighted by atomic mass is 15.1. The molecule has 3 heteroatoms. The highest BCUT2D eigenvalue weighted by Gasteiger charge is 2.23. The molecule has 0 aliphatic carbocycles. The normalized spacial score (nSPS) is 18.8. The summed E-state index contributed by atoms with van der Waals surface area (Å²) in [7, 11) is 0. The topological polar surface area (TPSA) is 28.2 Å². The fourth-order valence-electron chi connectivity index (χ4n) is 3.08. The maximum absolute atomic E-state index is 4.50. The van der Waals surface area contributed by atoms with Gasteiger partial charge in [-0.05, 0) is 43.5 Å². The fourth-order valence-corrected chi connectivity index (χ4v) is 3.08. The average Bonchev–Trinajstić information content (AvgIpc) is 2.97. The molecule has 0 bridgehead atoms. The van der Waals surface area contributed by atoms with Crippen LogP contribution in [0.15, 0.2) is 48.7 Å². The molecule has 3 rings (SSSR count). The van der Waals surface area contributed by atoms with Gasteiger partial charge in [0.15, 0.2) is 0 Å². The van der Waals surface area contributed by atoms with Crippen molar-refractivity contribution in [3.8, 4) is 0 Å². The van der Waals surface area contributed by atoms with Crippen LogP contribution in [-0.2, 0) is 6.54 Å². The lowest BCUT2D eigenvalue weighted by Crippen LogP contribution is -2.20. The summed E-state index contributed by atoms with van der Waals surface area (Å²) in [6.45, 7) is 6.31. The summed E-state index contributed by atoms with van der Waals surface area (Å²) in [4.78, 5) is 7.01. The van der Waals surface area contributed by atoms with E-state index in [1.165, 1.54) is 17.7 Å². The molecule has 1 aromatic carbocycles. The van der Waals surface area contributed by atoms with Crippen LogP contribution in [0.5, 0.6) is 0 Å². The van der Waals surface area contributed by atoms with Gasteiger partial charge in [0, 0.05) is 31.5 Å². The minimum atomic E-state index is 0.670. The van der Waals surface area contributed by atoms with E-state index in [2.05, 4.69) is 58.5 Å². The summed E-state index contributed by atoms with van der Waals surface area (Å²) in [5.74, 6) is 0.670. The molecule has 0 saturated carbocycles. The Hall–Kier alpha value is -1.87. The zero-order chi connectivity index (χ0) is 14.5. The molecule has 1 saturated heterocycles. The Labute approximate surface area is 127 Å². The van der Waals surface area contributed by atoms with Gasteiger partial charge in [-0.1, -0.05) is 30.3 Å². The molecule has 1 aliphatic heterocycles. The van der Waals surface area contributed by atoms with Crippen LogP contribution in [0.4, 0.5) is 5.69 Å². The maximum Gasteiger partial charge on any atom is 0.0564 e. The number of benzene rings is 1. The molecule has 1 aliphatic rings. The average molecular weight is 281 g/mol. The van der Waals surface area contributed by atoms with Crippen LogP contribution in [0, 0.1) is 0 Å². The van der Waals surface area contributed by atoms with Crippen molar-refractivity contribution in [3.63, 3.8) is 0 Å². The van der Waals surface area contributed by atoms with E-state index in [9.17, 15) is 0 Å². The molecule has 1 N–H and O–H groups in total. The molecule has 1 atom stereocenters. The molecule has 0 spiro atoms. The van der Waals surface area contributed by atoms with Gasteiger partial charge in [0.25, 0.3) is 0 Å². The zero-order valence-corrected chi connectivity index (χ0v) is 12.6. The first kappa shape index (κ1) is 14.1. The summed E-state index contributed by atoms with van der Waals surface area (Å²) in [5, 5.41) is 3.35. The number of pyridine rings is 1. The molecule has 1 unspecified atom stereocenters. The lowest BCUT2D eigenvalue weighted by molar-refractivity contribution is 0.323. The number of aromatic nitrogens is 1. The van der Waals surface area contributed by atoms with Gasteiger partial charge in [-0.2, -0.15) is 0 Å². The van der Waals surface area contributed by atoms with E-state index in [1.54, 1.807) is 0 Å². The van der Waals surface area contributed by atoms with Crippen LogP contribution in [0.3, 0.4) is 0 Å². The van der Waals surface area contributed by atoms with Gasteiger partial charge in [-0.25, -0.2) is 0 Å². The first-order valence-corrected chi connectivity index (χ1v) is 7.81. The third-order valence-electron chi connectivity index (χ3n) is 4.13. The van der Waals surface area contributed by atoms with E-state index in [-0.39, 0.29) is 0 Å². The number of likely N-dealkylation sites (tertiary alicyclic amines) is 1. The van der Waals surface area contributed by atoms with Crippen LogP contribution in [0.2, 0.25) is 0 Å². The first-order valence-electron chi connectivity index (χ1n) is 7.81. The molecule has 1 fully saturated rings. The Kier molecular flexibility index (Phi) is 4.51. The van der Waals surface area contributed by atoms with Gasteiger partial charge in [-0.3, -0.25) is 9.88 Å². The minimum Gasteiger partial charge on any atom is -0.385 e. The van der Waals surface area contributed by atoms with E-state index in [0.29, 0.717) is 5.92 Å². The summed E-state index contributed by atoms with van der Waals surface area (Å²) in [6, 6.07) is 15.1. The highest BCUT2D eigenvalue weighted by molar-refractivity contribution is 5.42. The predicted octanol–water partition coefficient (Wildman–Crippen LogP) is 3.50. The van der Waals surface area contributed by atoms with E-state index >= 15 is 0 Å². The summed E-state index contributed by atoms with van der Waals surface area (Å²) in [6.07, 6.45) is 3.15. The number of hydrogen-bond acceptors (Lipinski definition) is 3. The number of nitrogens with one attached hydrogen (secondary N) is 1. The van der Waals surface area contributed by atoms with Crippen LogP contribution in [-0.4, -0.2) is 29.5 Å². The van der Waals surface area contributed by atoms with E-state index < -0.39 is 0 Å². The van der Waals surface area contributed by atoms with E-state index in [1.807, 2.05) is 12.3 Å². The quantitative estimate of drug-likeness (QED) is 0.909. The number of anilines is 1. The van der Waals surface area contributed by atoms with Gasteiger partial charge in [0.05, 0.1) is 5.69 Å². The molecule has 3 nitrogen and oxygen atoms in total. The number of hydrogen-bond donors (Lipinski definition) is 1. The van der Waals surface area contributed by atoms with Crippen molar-refractivity contribution < 1.29 is 0 Å². The van der Waals surface area contributed by atoms with Crippen molar-refractivity contribution in [2.24, 2.45) is 0 Å². The van der Waals surface area contributed by atoms with Gasteiger partial charge >= 0.3 is 0 Å². The standard InChI is InChI=1S/C18H23N3/c1-2-19-17-8-10-20-18(12-17)14-21-11-9-16(13-21)15-6-4-3-5-7-15/h3-8,10,12,16H,2,9,11,13-14H2,1H3,(H,19,20). The Morgan fingerprint density at radius 1 is 1.24 bits per heavy atom. The molecule has 2 heterocycles. The Morgan fingerprint density at radius 3 is 2.90 bits per heavy atom. The predicted molar refractivity (Wildman–Crippen MR) is 87.5 cm³/mol. The molecular weight excluding hydrogens is 258 g/mol. The molecule has 2 aromatic rings. The highest BCUT2D eigenvalue weighted by Crippen LogP contribution is 2.27. The summed E-state index contributed by atoms with van der Waals surface area (Å²) < 4.78 is 0. The lowest BCUT2D eigenvalue weighted by atomic mass is 9.99. The SMILES string of the molecule is CCNc1ccnc(CN2CCC(c3ccccc3)C2)c1. The smallest absolute Gasteiger partial charge is 0.0564 e. The lowest BCUT2D eigenvalue weighted by Gasteiger charge is -2.16. The van der Waals surface area contributed by atoms with Crippen LogP contribution >= 0.6 is 0 Å². The summed E-state index contributed by atoms with van der Waals surface area (Å²) in [5.41, 5.74) is 3.79. The molecule has 0 amide bonds. The van der Waals surface area contributed by atoms with Crippen molar-refractivity contribution in [2.75, 3.05) is 25.0 Å². The van der Waals surface area contributed by atoms with E-state index in [4.69, 9.17) is 0 Å². The number of rotatable bonds is 5. The number of nitrogens with zero attached hydrogens (tertiary/aromatic N) is 2. The molecule has 110 valence electrons. The van der Waals surface area contributed by atoms with Gasteiger partial charge < -0.3 is 5.32 Å². The Bertz CT molecular complexity index is 568. The van der Waals surface area contributed by atoms with Crippen molar-refractivity contribution >= 4 is 5.69 Å². The third kappa shape index (κ3) is 3.61. The second-order valence-corrected chi connectivity index (χ2v) is 5.70. The van der Waals surface area contributed by atoms with Gasteiger partial charge in [0.2, 0.25) is 0 Å². The third-order valence-corrected chi connectivity index (χ3v) is 4.13. The molecule has 21 heavy (non-hydrogen) atoms. The van der Waals surface area contributed by atoms with Crippen LogP contribution in [0.25, 0.3) is 0 Å². The first-order chi connectivity index (χ1) is 10.3. The largest absolute Gasteiger partial charge is 0.385 e. The second-order valence-electron chi connectivity index (χ2n) is 5.70.